The molecule has 0 spiro atoms. The monoisotopic (exact) mass is 198 g/mol. The number of hydrogen-bond acceptors (Lipinski definition) is 2. The van der Waals surface area contributed by atoms with Crippen LogP contribution in [-0.4, -0.2) is 22.3 Å². The van der Waals surface area contributed by atoms with Crippen LogP contribution in [0, 0.1) is 22.7 Å². The molecule has 2 fully saturated rings. The molecule has 0 aliphatic heterocycles. The van der Waals surface area contributed by atoms with E-state index in [0.717, 1.165) is 12.8 Å². The second kappa shape index (κ2) is 2.51. The molecule has 0 unspecified atom stereocenters. The number of hydrogen-bond donors (Lipinski definition) is 2. The van der Waals surface area contributed by atoms with Crippen LogP contribution in [0.25, 0.3) is 0 Å². The van der Waals surface area contributed by atoms with Gasteiger partial charge in [-0.2, -0.15) is 0 Å². The first-order valence-electron chi connectivity index (χ1n) is 5.23. The fourth-order valence-electron chi connectivity index (χ4n) is 3.64. The second-order valence-corrected chi connectivity index (χ2v) is 5.59. The van der Waals surface area contributed by atoms with Crippen LogP contribution < -0.4 is 0 Å². The number of fused-ring (bicyclic) bond motifs is 2. The van der Waals surface area contributed by atoms with Crippen LogP contribution in [0.1, 0.15) is 33.6 Å². The number of aliphatic hydroxyl groups excluding tert-OH is 1. The Hall–Kier alpha value is -0.570. The molecule has 0 heterocycles. The zero-order valence-electron chi connectivity index (χ0n) is 8.95. The standard InChI is InChI=1S/C11H18O3/c1-10(2)6-4-5-11(10,3)8(12)7(6)9(13)14/h6-8,12H,4-5H2,1-3H3,(H,13,14)/t6-,7+,8-,11-/m1/s1. The van der Waals surface area contributed by atoms with Crippen LogP contribution in [0.3, 0.4) is 0 Å². The van der Waals surface area contributed by atoms with E-state index in [1.807, 2.05) is 6.92 Å². The summed E-state index contributed by atoms with van der Waals surface area (Å²) in [7, 11) is 0. The van der Waals surface area contributed by atoms with E-state index < -0.39 is 18.0 Å². The summed E-state index contributed by atoms with van der Waals surface area (Å²) in [5.74, 6) is -1.25. The minimum atomic E-state index is -0.834. The van der Waals surface area contributed by atoms with Gasteiger partial charge in [0.1, 0.15) is 0 Å². The van der Waals surface area contributed by atoms with Crippen LogP contribution in [-0.2, 0) is 4.79 Å². The number of carbonyl (C=O) groups is 1. The van der Waals surface area contributed by atoms with Crippen molar-refractivity contribution in [3.63, 3.8) is 0 Å². The van der Waals surface area contributed by atoms with Crippen molar-refractivity contribution in [3.05, 3.63) is 0 Å². The van der Waals surface area contributed by atoms with E-state index in [1.54, 1.807) is 0 Å². The van der Waals surface area contributed by atoms with Crippen molar-refractivity contribution in [1.29, 1.82) is 0 Å². The van der Waals surface area contributed by atoms with Gasteiger partial charge in [0.2, 0.25) is 0 Å². The maximum atomic E-state index is 11.1. The Morgan fingerprint density at radius 3 is 2.21 bits per heavy atom. The number of aliphatic carboxylic acids is 1. The summed E-state index contributed by atoms with van der Waals surface area (Å²) >= 11 is 0. The average Bonchev–Trinajstić information content (AvgIpc) is 2.35. The number of rotatable bonds is 1. The van der Waals surface area contributed by atoms with Gasteiger partial charge in [0.25, 0.3) is 0 Å². The van der Waals surface area contributed by atoms with E-state index in [1.165, 1.54) is 0 Å². The molecule has 0 aromatic heterocycles. The van der Waals surface area contributed by atoms with Crippen molar-refractivity contribution in [2.75, 3.05) is 0 Å². The minimum Gasteiger partial charge on any atom is -0.481 e. The highest BCUT2D eigenvalue weighted by Crippen LogP contribution is 2.67. The van der Waals surface area contributed by atoms with Crippen molar-refractivity contribution >= 4 is 5.97 Å². The van der Waals surface area contributed by atoms with Gasteiger partial charge < -0.3 is 10.2 Å². The first-order chi connectivity index (χ1) is 6.32. The lowest BCUT2D eigenvalue weighted by Gasteiger charge is -2.36. The highest BCUT2D eigenvalue weighted by Gasteiger charge is 2.67. The molecule has 2 saturated carbocycles. The van der Waals surface area contributed by atoms with E-state index >= 15 is 0 Å². The Balaban J connectivity index is 2.44. The molecule has 4 atom stereocenters. The largest absolute Gasteiger partial charge is 0.481 e. The molecular weight excluding hydrogens is 180 g/mol. The molecule has 3 heteroatoms. The SMILES string of the molecule is CC1(C)[C@@H]2CC[C@]1(C)[C@H](O)[C@H]2C(=O)O. The Morgan fingerprint density at radius 1 is 1.36 bits per heavy atom. The number of carboxylic acid groups (broad SMARTS) is 1. The molecule has 2 aliphatic carbocycles. The van der Waals surface area contributed by atoms with Crippen molar-refractivity contribution < 1.29 is 15.0 Å². The second-order valence-electron chi connectivity index (χ2n) is 5.59. The van der Waals surface area contributed by atoms with E-state index in [-0.39, 0.29) is 16.7 Å². The van der Waals surface area contributed by atoms with E-state index in [4.69, 9.17) is 5.11 Å². The summed E-state index contributed by atoms with van der Waals surface area (Å²) in [5.41, 5.74) is -0.254. The Bertz CT molecular complexity index is 284. The van der Waals surface area contributed by atoms with Crippen LogP contribution in [0.5, 0.6) is 0 Å². The number of aliphatic hydroxyl groups is 1. The van der Waals surface area contributed by atoms with Gasteiger partial charge in [-0.3, -0.25) is 4.79 Å². The highest BCUT2D eigenvalue weighted by atomic mass is 16.4. The third kappa shape index (κ3) is 0.842. The van der Waals surface area contributed by atoms with E-state index in [9.17, 15) is 9.90 Å². The van der Waals surface area contributed by atoms with E-state index in [2.05, 4.69) is 13.8 Å². The normalized spacial score (nSPS) is 49.6. The lowest BCUT2D eigenvalue weighted by molar-refractivity contribution is -0.149. The van der Waals surface area contributed by atoms with Gasteiger partial charge >= 0.3 is 5.97 Å². The molecule has 3 nitrogen and oxygen atoms in total. The fourth-order valence-corrected chi connectivity index (χ4v) is 3.64. The summed E-state index contributed by atoms with van der Waals surface area (Å²) in [6, 6.07) is 0. The van der Waals surface area contributed by atoms with Gasteiger partial charge in [-0.25, -0.2) is 0 Å². The van der Waals surface area contributed by atoms with Crippen molar-refractivity contribution in [2.24, 2.45) is 22.7 Å². The number of carboxylic acids is 1. The Kier molecular flexibility index (Phi) is 1.79. The highest BCUT2D eigenvalue weighted by molar-refractivity contribution is 5.72. The van der Waals surface area contributed by atoms with Gasteiger partial charge in [-0.15, -0.1) is 0 Å². The molecule has 2 N–H and O–H groups in total. The Labute approximate surface area is 84.1 Å². The zero-order chi connectivity index (χ0) is 10.7. The predicted molar refractivity (Wildman–Crippen MR) is 51.7 cm³/mol. The van der Waals surface area contributed by atoms with Crippen molar-refractivity contribution in [2.45, 2.75) is 39.7 Å². The topological polar surface area (TPSA) is 57.5 Å². The molecule has 0 radical (unpaired) electrons. The first-order valence-corrected chi connectivity index (χ1v) is 5.23. The lowest BCUT2D eigenvalue weighted by Crippen LogP contribution is -2.39. The van der Waals surface area contributed by atoms with Gasteiger partial charge in [0, 0.05) is 0 Å². The molecule has 0 aromatic carbocycles. The molecule has 0 saturated heterocycles. The lowest BCUT2D eigenvalue weighted by atomic mass is 9.70. The summed E-state index contributed by atoms with van der Waals surface area (Å²) in [4.78, 5) is 11.1. The van der Waals surface area contributed by atoms with Crippen LogP contribution in [0.4, 0.5) is 0 Å². The first kappa shape index (κ1) is 9.97. The van der Waals surface area contributed by atoms with Crippen molar-refractivity contribution in [3.8, 4) is 0 Å². The molecule has 14 heavy (non-hydrogen) atoms. The average molecular weight is 198 g/mol. The maximum absolute atomic E-state index is 11.1. The Morgan fingerprint density at radius 2 is 1.93 bits per heavy atom. The molecule has 2 bridgehead atoms. The van der Waals surface area contributed by atoms with Crippen LogP contribution in [0.15, 0.2) is 0 Å². The zero-order valence-corrected chi connectivity index (χ0v) is 8.95. The molecule has 0 amide bonds. The minimum absolute atomic E-state index is 0.0462. The van der Waals surface area contributed by atoms with Crippen LogP contribution >= 0.6 is 0 Å². The summed E-state index contributed by atoms with van der Waals surface area (Å²) in [5, 5.41) is 19.2. The molecule has 80 valence electrons. The molecular formula is C11H18O3. The summed E-state index contributed by atoms with van der Waals surface area (Å²) in [6.45, 7) is 6.22. The molecule has 2 aliphatic rings. The van der Waals surface area contributed by atoms with Gasteiger partial charge in [-0.05, 0) is 29.6 Å². The van der Waals surface area contributed by atoms with Gasteiger partial charge in [0.15, 0.2) is 0 Å². The quantitative estimate of drug-likeness (QED) is 0.671. The van der Waals surface area contributed by atoms with E-state index in [0.29, 0.717) is 0 Å². The molecule has 2 rings (SSSR count). The third-order valence-corrected chi connectivity index (χ3v) is 5.09. The van der Waals surface area contributed by atoms with Crippen molar-refractivity contribution in [1.82, 2.24) is 0 Å². The van der Waals surface area contributed by atoms with Gasteiger partial charge in [0.05, 0.1) is 12.0 Å². The van der Waals surface area contributed by atoms with Crippen LogP contribution in [0.2, 0.25) is 0 Å². The molecule has 0 aromatic rings. The summed E-state index contributed by atoms with van der Waals surface area (Å²) in [6.07, 6.45) is 1.22. The third-order valence-electron chi connectivity index (χ3n) is 5.09. The van der Waals surface area contributed by atoms with Gasteiger partial charge in [-0.1, -0.05) is 20.8 Å². The predicted octanol–water partition coefficient (Wildman–Crippen LogP) is 1.50. The smallest absolute Gasteiger partial charge is 0.309 e. The fraction of sp³-hybridized carbons (Fsp3) is 0.909. The summed E-state index contributed by atoms with van der Waals surface area (Å²) < 4.78 is 0. The maximum Gasteiger partial charge on any atom is 0.309 e.